The van der Waals surface area contributed by atoms with E-state index in [0.717, 1.165) is 17.7 Å². The minimum Gasteiger partial charge on any atom is -0.493 e. The second-order valence-electron chi connectivity index (χ2n) is 6.69. The van der Waals surface area contributed by atoms with Crippen LogP contribution in [0.5, 0.6) is 5.75 Å². The molecular weight excluding hydrogens is 304 g/mol. The van der Waals surface area contributed by atoms with Crippen molar-refractivity contribution < 1.29 is 14.3 Å². The van der Waals surface area contributed by atoms with Gasteiger partial charge in [0.15, 0.2) is 0 Å². The Hall–Kier alpha value is -2.04. The molecule has 5 nitrogen and oxygen atoms in total. The van der Waals surface area contributed by atoms with Gasteiger partial charge in [0, 0.05) is 31.6 Å². The average Bonchev–Trinajstić information content (AvgIpc) is 2.94. The van der Waals surface area contributed by atoms with E-state index >= 15 is 0 Å². The fraction of sp³-hybridized carbons (Fsp3) is 0.579. The van der Waals surface area contributed by atoms with Gasteiger partial charge in [-0.2, -0.15) is 0 Å². The van der Waals surface area contributed by atoms with E-state index in [9.17, 15) is 9.59 Å². The Kier molecular flexibility index (Phi) is 6.64. The van der Waals surface area contributed by atoms with Crippen LogP contribution in [0.2, 0.25) is 0 Å². The van der Waals surface area contributed by atoms with Crippen LogP contribution >= 0.6 is 0 Å². The van der Waals surface area contributed by atoms with Gasteiger partial charge in [-0.05, 0) is 25.3 Å². The monoisotopic (exact) mass is 332 g/mol. The molecule has 1 aliphatic heterocycles. The maximum atomic E-state index is 12.3. The normalized spacial score (nSPS) is 17.4. The molecule has 2 amide bonds. The zero-order valence-electron chi connectivity index (χ0n) is 14.9. The Morgan fingerprint density at radius 1 is 1.38 bits per heavy atom. The molecule has 0 aromatic heterocycles. The molecule has 132 valence electrons. The van der Waals surface area contributed by atoms with Crippen LogP contribution < -0.4 is 10.1 Å². The van der Waals surface area contributed by atoms with E-state index in [1.807, 2.05) is 31.2 Å². The summed E-state index contributed by atoms with van der Waals surface area (Å²) in [5.41, 5.74) is 0.964. The molecule has 1 heterocycles. The molecule has 2 rings (SSSR count). The molecule has 0 saturated carbocycles. The van der Waals surface area contributed by atoms with Crippen LogP contribution in [0.25, 0.3) is 0 Å². The number of amides is 2. The second-order valence-corrected chi connectivity index (χ2v) is 6.69. The summed E-state index contributed by atoms with van der Waals surface area (Å²) in [5.74, 6) is 1.17. The van der Waals surface area contributed by atoms with Gasteiger partial charge in [0.2, 0.25) is 11.8 Å². The molecule has 1 saturated heterocycles. The van der Waals surface area contributed by atoms with Crippen molar-refractivity contribution in [3.05, 3.63) is 29.8 Å². The molecule has 1 N–H and O–H groups in total. The van der Waals surface area contributed by atoms with E-state index in [1.165, 1.54) is 0 Å². The first-order valence-corrected chi connectivity index (χ1v) is 8.77. The van der Waals surface area contributed by atoms with Crippen LogP contribution in [0, 0.1) is 11.8 Å². The second kappa shape index (κ2) is 8.71. The lowest BCUT2D eigenvalue weighted by atomic mass is 10.1. The summed E-state index contributed by atoms with van der Waals surface area (Å²) in [7, 11) is 0. The van der Waals surface area contributed by atoms with Crippen LogP contribution in [-0.2, 0) is 16.1 Å². The molecule has 1 fully saturated rings. The Labute approximate surface area is 144 Å². The summed E-state index contributed by atoms with van der Waals surface area (Å²) in [6.45, 7) is 8.54. The van der Waals surface area contributed by atoms with E-state index in [-0.39, 0.29) is 17.7 Å². The van der Waals surface area contributed by atoms with Gasteiger partial charge < -0.3 is 15.0 Å². The summed E-state index contributed by atoms with van der Waals surface area (Å²) in [6, 6.07) is 7.77. The quantitative estimate of drug-likeness (QED) is 0.796. The molecule has 0 bridgehead atoms. The Balaban J connectivity index is 1.87. The standard InChI is InChI=1S/C19H28N2O3/c1-4-21-13-16(11-18(21)22)19(23)20-12-15-7-5-6-8-17(15)24-10-9-14(2)3/h5-8,14,16H,4,9-13H2,1-3H3,(H,20,23). The molecule has 1 aliphatic rings. The average molecular weight is 332 g/mol. The van der Waals surface area contributed by atoms with Crippen LogP contribution in [0.15, 0.2) is 24.3 Å². The minimum absolute atomic E-state index is 0.0590. The van der Waals surface area contributed by atoms with Gasteiger partial charge in [-0.25, -0.2) is 0 Å². The third kappa shape index (κ3) is 4.98. The fourth-order valence-corrected chi connectivity index (χ4v) is 2.78. The molecule has 1 unspecified atom stereocenters. The van der Waals surface area contributed by atoms with Crippen molar-refractivity contribution in [1.29, 1.82) is 0 Å². The largest absolute Gasteiger partial charge is 0.493 e. The first kappa shape index (κ1) is 18.3. The summed E-state index contributed by atoms with van der Waals surface area (Å²) in [4.78, 5) is 25.8. The number of para-hydroxylation sites is 1. The smallest absolute Gasteiger partial charge is 0.225 e. The number of nitrogens with one attached hydrogen (secondary N) is 1. The molecule has 0 aliphatic carbocycles. The predicted octanol–water partition coefficient (Wildman–Crippen LogP) is 2.60. The number of rotatable bonds is 8. The third-order valence-electron chi connectivity index (χ3n) is 4.35. The maximum Gasteiger partial charge on any atom is 0.225 e. The van der Waals surface area contributed by atoms with Gasteiger partial charge in [0.05, 0.1) is 12.5 Å². The zero-order valence-corrected chi connectivity index (χ0v) is 14.9. The van der Waals surface area contributed by atoms with E-state index in [1.54, 1.807) is 4.90 Å². The van der Waals surface area contributed by atoms with E-state index in [2.05, 4.69) is 19.2 Å². The number of likely N-dealkylation sites (tertiary alicyclic amines) is 1. The number of nitrogens with zero attached hydrogens (tertiary/aromatic N) is 1. The molecule has 0 spiro atoms. The Bertz CT molecular complexity index is 571. The molecule has 5 heteroatoms. The van der Waals surface area contributed by atoms with E-state index < -0.39 is 0 Å². The summed E-state index contributed by atoms with van der Waals surface area (Å²) in [6.07, 6.45) is 1.31. The minimum atomic E-state index is -0.244. The summed E-state index contributed by atoms with van der Waals surface area (Å²) < 4.78 is 5.84. The molecule has 24 heavy (non-hydrogen) atoms. The van der Waals surface area contributed by atoms with Crippen molar-refractivity contribution in [1.82, 2.24) is 10.2 Å². The number of carbonyl (C=O) groups excluding carboxylic acids is 2. The number of hydrogen-bond donors (Lipinski definition) is 1. The lowest BCUT2D eigenvalue weighted by Gasteiger charge is -2.15. The highest BCUT2D eigenvalue weighted by Crippen LogP contribution is 2.20. The van der Waals surface area contributed by atoms with Crippen molar-refractivity contribution in [2.24, 2.45) is 11.8 Å². The van der Waals surface area contributed by atoms with Crippen molar-refractivity contribution in [3.8, 4) is 5.75 Å². The molecule has 0 radical (unpaired) electrons. The number of ether oxygens (including phenoxy) is 1. The molecule has 1 atom stereocenters. The first-order chi connectivity index (χ1) is 11.5. The van der Waals surface area contributed by atoms with Crippen LogP contribution in [0.3, 0.4) is 0 Å². The molecular formula is C19H28N2O3. The number of benzene rings is 1. The van der Waals surface area contributed by atoms with Crippen molar-refractivity contribution in [2.45, 2.75) is 40.2 Å². The maximum absolute atomic E-state index is 12.3. The van der Waals surface area contributed by atoms with Gasteiger partial charge in [-0.3, -0.25) is 9.59 Å². The SMILES string of the molecule is CCN1CC(C(=O)NCc2ccccc2OCCC(C)C)CC1=O. The van der Waals surface area contributed by atoms with Gasteiger partial charge in [-0.15, -0.1) is 0 Å². The number of hydrogen-bond acceptors (Lipinski definition) is 3. The molecule has 1 aromatic rings. The number of carbonyl (C=O) groups is 2. The van der Waals surface area contributed by atoms with E-state index in [0.29, 0.717) is 38.6 Å². The van der Waals surface area contributed by atoms with Crippen LogP contribution in [0.4, 0.5) is 0 Å². The summed E-state index contributed by atoms with van der Waals surface area (Å²) in [5, 5.41) is 2.95. The van der Waals surface area contributed by atoms with Gasteiger partial charge in [0.1, 0.15) is 5.75 Å². The van der Waals surface area contributed by atoms with Gasteiger partial charge in [-0.1, -0.05) is 32.0 Å². The predicted molar refractivity (Wildman–Crippen MR) is 93.6 cm³/mol. The van der Waals surface area contributed by atoms with Crippen LogP contribution in [-0.4, -0.2) is 36.4 Å². The Morgan fingerprint density at radius 3 is 2.79 bits per heavy atom. The Morgan fingerprint density at radius 2 is 2.12 bits per heavy atom. The highest BCUT2D eigenvalue weighted by molar-refractivity contribution is 5.89. The van der Waals surface area contributed by atoms with Crippen molar-refractivity contribution in [2.75, 3.05) is 19.7 Å². The van der Waals surface area contributed by atoms with Crippen molar-refractivity contribution in [3.63, 3.8) is 0 Å². The highest BCUT2D eigenvalue weighted by Gasteiger charge is 2.33. The molecule has 1 aromatic carbocycles. The first-order valence-electron chi connectivity index (χ1n) is 8.77. The lowest BCUT2D eigenvalue weighted by Crippen LogP contribution is -2.32. The fourth-order valence-electron chi connectivity index (χ4n) is 2.78. The van der Waals surface area contributed by atoms with E-state index in [4.69, 9.17) is 4.74 Å². The topological polar surface area (TPSA) is 58.6 Å². The van der Waals surface area contributed by atoms with Gasteiger partial charge in [0.25, 0.3) is 0 Å². The van der Waals surface area contributed by atoms with Gasteiger partial charge >= 0.3 is 0 Å². The summed E-state index contributed by atoms with van der Waals surface area (Å²) >= 11 is 0. The zero-order chi connectivity index (χ0) is 17.5. The lowest BCUT2D eigenvalue weighted by molar-refractivity contribution is -0.128. The van der Waals surface area contributed by atoms with Crippen LogP contribution in [0.1, 0.15) is 39.2 Å². The third-order valence-corrected chi connectivity index (χ3v) is 4.35. The highest BCUT2D eigenvalue weighted by atomic mass is 16.5. The van der Waals surface area contributed by atoms with Crippen molar-refractivity contribution >= 4 is 11.8 Å².